The van der Waals surface area contributed by atoms with E-state index in [0.717, 1.165) is 5.56 Å². The summed E-state index contributed by atoms with van der Waals surface area (Å²) in [5.74, 6) is -2.37. The molecule has 35 heavy (non-hydrogen) atoms. The number of halogens is 3. The predicted molar refractivity (Wildman–Crippen MR) is 121 cm³/mol. The summed E-state index contributed by atoms with van der Waals surface area (Å²) in [7, 11) is 0. The van der Waals surface area contributed by atoms with E-state index < -0.39 is 35.7 Å². The lowest BCUT2D eigenvalue weighted by atomic mass is 9.97. The summed E-state index contributed by atoms with van der Waals surface area (Å²) in [6, 6.07) is 8.57. The lowest BCUT2D eigenvalue weighted by Gasteiger charge is -2.23. The monoisotopic (exact) mass is 486 g/mol. The third kappa shape index (κ3) is 5.50. The summed E-state index contributed by atoms with van der Waals surface area (Å²) in [4.78, 5) is 26.5. The van der Waals surface area contributed by atoms with E-state index >= 15 is 0 Å². The van der Waals surface area contributed by atoms with Crippen LogP contribution in [0.5, 0.6) is 0 Å². The molecule has 8 nitrogen and oxygen atoms in total. The summed E-state index contributed by atoms with van der Waals surface area (Å²) >= 11 is 0. The molecule has 0 saturated carbocycles. The number of amides is 2. The maximum absolute atomic E-state index is 14.4. The van der Waals surface area contributed by atoms with E-state index in [2.05, 4.69) is 20.8 Å². The molecule has 4 rings (SSSR count). The number of hydrogen-bond donors (Lipinski definition) is 1. The van der Waals surface area contributed by atoms with Gasteiger partial charge in [-0.25, -0.2) is 17.9 Å². The quantitative estimate of drug-likeness (QED) is 0.554. The number of carbonyl (C=O) groups is 2. The van der Waals surface area contributed by atoms with Crippen LogP contribution in [-0.4, -0.2) is 55.7 Å². The second-order valence-electron chi connectivity index (χ2n) is 8.83. The Bertz CT molecular complexity index is 1180. The molecule has 1 fully saturated rings. The van der Waals surface area contributed by atoms with Crippen molar-refractivity contribution in [2.24, 2.45) is 0 Å². The summed E-state index contributed by atoms with van der Waals surface area (Å²) < 4.78 is 44.0. The van der Waals surface area contributed by atoms with Gasteiger partial charge in [0.05, 0.1) is 6.54 Å². The molecule has 2 amide bonds. The van der Waals surface area contributed by atoms with Crippen molar-refractivity contribution < 1.29 is 22.8 Å². The smallest absolute Gasteiger partial charge is 0.245 e. The van der Waals surface area contributed by atoms with Crippen molar-refractivity contribution in [1.82, 2.24) is 30.4 Å². The molecule has 1 aliphatic rings. The zero-order valence-corrected chi connectivity index (χ0v) is 19.3. The van der Waals surface area contributed by atoms with E-state index in [-0.39, 0.29) is 37.5 Å². The van der Waals surface area contributed by atoms with Crippen LogP contribution in [0, 0.1) is 11.6 Å². The average Bonchev–Trinajstić information content (AvgIpc) is 3.46. The topological polar surface area (TPSA) is 93.0 Å². The van der Waals surface area contributed by atoms with Gasteiger partial charge in [-0.05, 0) is 45.2 Å². The van der Waals surface area contributed by atoms with Gasteiger partial charge in [0.1, 0.15) is 36.7 Å². The fourth-order valence-electron chi connectivity index (χ4n) is 4.22. The molecule has 1 N–H and O–H groups in total. The van der Waals surface area contributed by atoms with Crippen molar-refractivity contribution in [1.29, 1.82) is 0 Å². The number of nitrogens with one attached hydrogen (secondary N) is 1. The van der Waals surface area contributed by atoms with E-state index in [9.17, 15) is 22.8 Å². The van der Waals surface area contributed by atoms with Crippen LogP contribution in [0.4, 0.5) is 13.2 Å². The van der Waals surface area contributed by atoms with E-state index in [1.165, 1.54) is 28.0 Å². The van der Waals surface area contributed by atoms with E-state index in [0.29, 0.717) is 11.1 Å². The molecular formula is C24H25F3N6O2. The van der Waals surface area contributed by atoms with Gasteiger partial charge in [0.25, 0.3) is 0 Å². The maximum Gasteiger partial charge on any atom is 0.245 e. The van der Waals surface area contributed by atoms with Crippen molar-refractivity contribution in [3.63, 3.8) is 0 Å². The van der Waals surface area contributed by atoms with Gasteiger partial charge in [0, 0.05) is 18.5 Å². The Morgan fingerprint density at radius 1 is 1.11 bits per heavy atom. The molecule has 2 unspecified atom stereocenters. The van der Waals surface area contributed by atoms with Crippen LogP contribution in [0.15, 0.2) is 42.7 Å². The number of alkyl halides is 1. The molecule has 1 aromatic heterocycles. The van der Waals surface area contributed by atoms with Crippen molar-refractivity contribution in [3.05, 3.63) is 65.5 Å². The van der Waals surface area contributed by atoms with Crippen LogP contribution < -0.4 is 5.32 Å². The van der Waals surface area contributed by atoms with Crippen molar-refractivity contribution in [2.75, 3.05) is 6.54 Å². The van der Waals surface area contributed by atoms with Gasteiger partial charge in [0.2, 0.25) is 11.8 Å². The zero-order valence-electron chi connectivity index (χ0n) is 19.3. The average molecular weight is 486 g/mol. The highest BCUT2D eigenvalue weighted by Crippen LogP contribution is 2.29. The summed E-state index contributed by atoms with van der Waals surface area (Å²) in [6.07, 6.45) is -0.123. The van der Waals surface area contributed by atoms with Crippen LogP contribution in [0.25, 0.3) is 11.1 Å². The Kier molecular flexibility index (Phi) is 7.13. The van der Waals surface area contributed by atoms with Gasteiger partial charge < -0.3 is 10.2 Å². The third-order valence-electron chi connectivity index (χ3n) is 5.97. The second-order valence-corrected chi connectivity index (χ2v) is 8.83. The molecule has 2 atom stereocenters. The first-order valence-corrected chi connectivity index (χ1v) is 11.2. The Balaban J connectivity index is 1.38. The number of benzene rings is 2. The fourth-order valence-corrected chi connectivity index (χ4v) is 4.22. The number of nitrogens with zero attached hydrogens (tertiary/aromatic N) is 5. The first-order chi connectivity index (χ1) is 16.7. The van der Waals surface area contributed by atoms with E-state index in [4.69, 9.17) is 0 Å². The molecular weight excluding hydrogens is 461 g/mol. The SMILES string of the molecule is CC(C)c1c(F)cc(-c2ccc(CNC(=O)C3CC(F)CN3C(=O)Cn3cnnn3)cc2)cc1F. The van der Waals surface area contributed by atoms with E-state index in [1.807, 2.05) is 0 Å². The Labute approximate surface area is 200 Å². The second kappa shape index (κ2) is 10.2. The van der Waals surface area contributed by atoms with Gasteiger partial charge in [-0.2, -0.15) is 0 Å². The molecule has 2 heterocycles. The summed E-state index contributed by atoms with van der Waals surface area (Å²) in [5, 5.41) is 13.3. The molecule has 184 valence electrons. The first kappa shape index (κ1) is 24.4. The molecule has 0 spiro atoms. The molecule has 0 aliphatic carbocycles. The van der Waals surface area contributed by atoms with Gasteiger partial charge in [-0.15, -0.1) is 5.10 Å². The Morgan fingerprint density at radius 2 is 1.80 bits per heavy atom. The summed E-state index contributed by atoms with van der Waals surface area (Å²) in [6.45, 7) is 3.25. The first-order valence-electron chi connectivity index (χ1n) is 11.2. The largest absolute Gasteiger partial charge is 0.350 e. The maximum atomic E-state index is 14.4. The lowest BCUT2D eigenvalue weighted by Crippen LogP contribution is -2.46. The standard InChI is InChI=1S/C24H25F3N6O2/c1-14(2)23-19(26)7-17(8-20(23)27)16-5-3-15(4-6-16)10-28-24(35)21-9-18(25)11-33(21)22(34)12-32-13-29-30-31-32/h3-8,13-14,18,21H,9-12H2,1-2H3,(H,28,35). The Morgan fingerprint density at radius 3 is 2.40 bits per heavy atom. The molecule has 1 saturated heterocycles. The van der Waals surface area contributed by atoms with Crippen molar-refractivity contribution >= 4 is 11.8 Å². The Hall–Kier alpha value is -3.76. The van der Waals surface area contributed by atoms with E-state index in [1.54, 1.807) is 38.1 Å². The van der Waals surface area contributed by atoms with Crippen molar-refractivity contribution in [2.45, 2.75) is 51.5 Å². The van der Waals surface area contributed by atoms with Gasteiger partial charge >= 0.3 is 0 Å². The number of carbonyl (C=O) groups excluding carboxylic acids is 2. The molecule has 0 bridgehead atoms. The van der Waals surface area contributed by atoms with Crippen LogP contribution in [0.1, 0.15) is 37.3 Å². The number of hydrogen-bond acceptors (Lipinski definition) is 5. The highest BCUT2D eigenvalue weighted by molar-refractivity contribution is 5.88. The minimum atomic E-state index is -1.30. The van der Waals surface area contributed by atoms with Crippen molar-refractivity contribution in [3.8, 4) is 11.1 Å². The molecule has 3 aromatic rings. The van der Waals surface area contributed by atoms with Crippen LogP contribution in [0.2, 0.25) is 0 Å². The van der Waals surface area contributed by atoms with Crippen LogP contribution >= 0.6 is 0 Å². The molecule has 2 aromatic carbocycles. The lowest BCUT2D eigenvalue weighted by molar-refractivity contribution is -0.139. The molecule has 11 heteroatoms. The predicted octanol–water partition coefficient (Wildman–Crippen LogP) is 3.00. The van der Waals surface area contributed by atoms with Gasteiger partial charge in [-0.1, -0.05) is 38.1 Å². The zero-order chi connectivity index (χ0) is 25.1. The number of rotatable bonds is 7. The molecule has 1 aliphatic heterocycles. The number of likely N-dealkylation sites (tertiary alicyclic amines) is 1. The minimum absolute atomic E-state index is 0.0565. The molecule has 0 radical (unpaired) electrons. The minimum Gasteiger partial charge on any atom is -0.350 e. The van der Waals surface area contributed by atoms with Gasteiger partial charge in [-0.3, -0.25) is 9.59 Å². The normalized spacial score (nSPS) is 17.7. The highest BCUT2D eigenvalue weighted by atomic mass is 19.1. The van der Waals surface area contributed by atoms with Crippen LogP contribution in [-0.2, 0) is 22.7 Å². The third-order valence-corrected chi connectivity index (χ3v) is 5.97. The van der Waals surface area contributed by atoms with Gasteiger partial charge in [0.15, 0.2) is 0 Å². The summed E-state index contributed by atoms with van der Waals surface area (Å²) in [5.41, 5.74) is 1.84. The number of tetrazole rings is 1. The highest BCUT2D eigenvalue weighted by Gasteiger charge is 2.39. The van der Waals surface area contributed by atoms with Crippen LogP contribution in [0.3, 0.4) is 0 Å². The number of aromatic nitrogens is 4. The fraction of sp³-hybridized carbons (Fsp3) is 0.375.